The third-order valence-corrected chi connectivity index (χ3v) is 4.84. The van der Waals surface area contributed by atoms with E-state index in [9.17, 15) is 19.2 Å². The lowest BCUT2D eigenvalue weighted by atomic mass is 10.0. The fraction of sp³-hybridized carbons (Fsp3) is 0.600. The van der Waals surface area contributed by atoms with Crippen molar-refractivity contribution in [2.45, 2.75) is 84.5 Å². The number of carbonyl (C=O) groups excluding carboxylic acids is 4. The minimum atomic E-state index is -0.909. The molecule has 3 amide bonds. The number of benzene rings is 1. The maximum Gasteiger partial charge on any atom is 0.408 e. The number of methoxy groups -OCH3 is 1. The van der Waals surface area contributed by atoms with Crippen LogP contribution in [0.15, 0.2) is 30.3 Å². The van der Waals surface area contributed by atoms with Gasteiger partial charge in [-0.15, -0.1) is 0 Å². The molecule has 9 heteroatoms. The van der Waals surface area contributed by atoms with E-state index in [0.717, 1.165) is 5.56 Å². The summed E-state index contributed by atoms with van der Waals surface area (Å²) in [5.74, 6) is -1.50. The first-order valence-corrected chi connectivity index (χ1v) is 11.6. The molecule has 0 saturated heterocycles. The van der Waals surface area contributed by atoms with E-state index >= 15 is 0 Å². The molecule has 9 nitrogen and oxygen atoms in total. The molecular formula is C25H39N3O6. The van der Waals surface area contributed by atoms with Gasteiger partial charge >= 0.3 is 12.1 Å². The Morgan fingerprint density at radius 2 is 1.44 bits per heavy atom. The summed E-state index contributed by atoms with van der Waals surface area (Å²) >= 11 is 0. The van der Waals surface area contributed by atoms with E-state index in [4.69, 9.17) is 9.47 Å². The van der Waals surface area contributed by atoms with E-state index in [1.807, 2.05) is 44.2 Å². The lowest BCUT2D eigenvalue weighted by molar-refractivity contribution is -0.145. The van der Waals surface area contributed by atoms with Gasteiger partial charge in [0.25, 0.3) is 0 Å². The van der Waals surface area contributed by atoms with Crippen molar-refractivity contribution in [2.24, 2.45) is 5.92 Å². The first-order chi connectivity index (χ1) is 15.9. The number of hydrogen-bond donors (Lipinski definition) is 3. The molecular weight excluding hydrogens is 438 g/mol. The molecule has 0 heterocycles. The van der Waals surface area contributed by atoms with E-state index in [1.165, 1.54) is 7.11 Å². The zero-order valence-electron chi connectivity index (χ0n) is 21.3. The zero-order chi connectivity index (χ0) is 25.9. The maximum absolute atomic E-state index is 13.1. The Morgan fingerprint density at radius 3 is 1.94 bits per heavy atom. The summed E-state index contributed by atoms with van der Waals surface area (Å²) in [6.07, 6.45) is 0.187. The van der Waals surface area contributed by atoms with Gasteiger partial charge in [0.2, 0.25) is 11.8 Å². The minimum Gasteiger partial charge on any atom is -0.467 e. The number of esters is 1. The molecule has 0 fully saturated rings. The Kier molecular flexibility index (Phi) is 11.5. The highest BCUT2D eigenvalue weighted by molar-refractivity contribution is 5.93. The van der Waals surface area contributed by atoms with Crippen LogP contribution in [0.25, 0.3) is 0 Å². The van der Waals surface area contributed by atoms with E-state index in [0.29, 0.717) is 12.8 Å². The molecule has 1 rings (SSSR count). The first kappa shape index (κ1) is 28.9. The predicted molar refractivity (Wildman–Crippen MR) is 129 cm³/mol. The van der Waals surface area contributed by atoms with Crippen molar-refractivity contribution < 1.29 is 28.7 Å². The van der Waals surface area contributed by atoms with Crippen LogP contribution in [0.4, 0.5) is 4.79 Å². The van der Waals surface area contributed by atoms with Gasteiger partial charge in [0.05, 0.1) is 7.11 Å². The number of amides is 3. The van der Waals surface area contributed by atoms with E-state index in [1.54, 1.807) is 27.7 Å². The monoisotopic (exact) mass is 477 g/mol. The minimum absolute atomic E-state index is 0.0839. The molecule has 0 aliphatic rings. The predicted octanol–water partition coefficient (Wildman–Crippen LogP) is 2.72. The molecule has 0 aromatic heterocycles. The average Bonchev–Trinajstić information content (AvgIpc) is 2.74. The molecule has 0 unspecified atom stereocenters. The summed E-state index contributed by atoms with van der Waals surface area (Å²) in [6.45, 7) is 10.8. The van der Waals surface area contributed by atoms with Crippen LogP contribution in [0.1, 0.15) is 59.9 Å². The zero-order valence-corrected chi connectivity index (χ0v) is 21.3. The van der Waals surface area contributed by atoms with Crippen LogP contribution in [0, 0.1) is 5.92 Å². The quantitative estimate of drug-likeness (QED) is 0.421. The second kappa shape index (κ2) is 13.6. The van der Waals surface area contributed by atoms with Crippen molar-refractivity contribution in [3.8, 4) is 0 Å². The molecule has 0 radical (unpaired) electrons. The number of rotatable bonds is 11. The van der Waals surface area contributed by atoms with Crippen LogP contribution in [0.2, 0.25) is 0 Å². The summed E-state index contributed by atoms with van der Waals surface area (Å²) in [7, 11) is 1.26. The van der Waals surface area contributed by atoms with Crippen molar-refractivity contribution in [1.29, 1.82) is 0 Å². The number of alkyl carbamates (subject to hydrolysis) is 1. The molecule has 0 aliphatic carbocycles. The summed E-state index contributed by atoms with van der Waals surface area (Å²) in [4.78, 5) is 50.4. The molecule has 0 aliphatic heterocycles. The fourth-order valence-electron chi connectivity index (χ4n) is 3.24. The van der Waals surface area contributed by atoms with E-state index < -0.39 is 47.6 Å². The van der Waals surface area contributed by atoms with Gasteiger partial charge in [-0.3, -0.25) is 9.59 Å². The normalized spacial score (nSPS) is 13.9. The summed E-state index contributed by atoms with van der Waals surface area (Å²) in [5, 5.41) is 7.98. The fourth-order valence-corrected chi connectivity index (χ4v) is 3.24. The van der Waals surface area contributed by atoms with Crippen molar-refractivity contribution in [2.75, 3.05) is 7.11 Å². The summed E-state index contributed by atoms with van der Waals surface area (Å²) in [5.41, 5.74) is 0.149. The Hall–Kier alpha value is -3.10. The molecule has 0 saturated carbocycles. The van der Waals surface area contributed by atoms with Crippen LogP contribution in [0.3, 0.4) is 0 Å². The molecule has 3 N–H and O–H groups in total. The first-order valence-electron chi connectivity index (χ1n) is 11.6. The highest BCUT2D eigenvalue weighted by atomic mass is 16.6. The van der Waals surface area contributed by atoms with Crippen LogP contribution in [-0.4, -0.2) is 54.7 Å². The van der Waals surface area contributed by atoms with Crippen molar-refractivity contribution >= 4 is 23.9 Å². The van der Waals surface area contributed by atoms with Crippen LogP contribution in [-0.2, 0) is 30.3 Å². The summed E-state index contributed by atoms with van der Waals surface area (Å²) in [6, 6.07) is 6.56. The van der Waals surface area contributed by atoms with Gasteiger partial charge in [-0.05, 0) is 45.1 Å². The smallest absolute Gasteiger partial charge is 0.408 e. The topological polar surface area (TPSA) is 123 Å². The van der Waals surface area contributed by atoms with Gasteiger partial charge in [0.15, 0.2) is 0 Å². The Labute approximate surface area is 202 Å². The van der Waals surface area contributed by atoms with E-state index in [-0.39, 0.29) is 12.3 Å². The van der Waals surface area contributed by atoms with Gasteiger partial charge in [0, 0.05) is 6.42 Å². The number of ether oxygens (including phenoxy) is 2. The molecule has 190 valence electrons. The second-order valence-electron chi connectivity index (χ2n) is 9.57. The number of hydrogen-bond acceptors (Lipinski definition) is 6. The average molecular weight is 478 g/mol. The Balaban J connectivity index is 2.94. The molecule has 1 aromatic rings. The van der Waals surface area contributed by atoms with Gasteiger partial charge < -0.3 is 25.4 Å². The molecule has 1 aromatic carbocycles. The number of carbonyl (C=O) groups is 4. The molecule has 0 spiro atoms. The SMILES string of the molecule is CC[C@H](NC(=O)OC(C)(C)C)C(=O)N[C@H](CC(C)C)C(=O)N[C@@H](Cc1ccccc1)C(=O)OC. The Bertz CT molecular complexity index is 820. The van der Waals surface area contributed by atoms with Crippen molar-refractivity contribution in [3.63, 3.8) is 0 Å². The van der Waals surface area contributed by atoms with Gasteiger partial charge in [-0.25, -0.2) is 9.59 Å². The number of nitrogens with one attached hydrogen (secondary N) is 3. The van der Waals surface area contributed by atoms with Crippen molar-refractivity contribution in [1.82, 2.24) is 16.0 Å². The second-order valence-corrected chi connectivity index (χ2v) is 9.57. The largest absolute Gasteiger partial charge is 0.467 e. The lowest BCUT2D eigenvalue weighted by Gasteiger charge is -2.26. The lowest BCUT2D eigenvalue weighted by Crippen LogP contribution is -2.56. The highest BCUT2D eigenvalue weighted by Crippen LogP contribution is 2.10. The maximum atomic E-state index is 13.1. The molecule has 3 atom stereocenters. The van der Waals surface area contributed by atoms with E-state index in [2.05, 4.69) is 16.0 Å². The van der Waals surface area contributed by atoms with Crippen LogP contribution in [0.5, 0.6) is 0 Å². The van der Waals surface area contributed by atoms with Crippen LogP contribution >= 0.6 is 0 Å². The van der Waals surface area contributed by atoms with Crippen molar-refractivity contribution in [3.05, 3.63) is 35.9 Å². The summed E-state index contributed by atoms with van der Waals surface area (Å²) < 4.78 is 10.1. The third-order valence-electron chi connectivity index (χ3n) is 4.84. The molecule has 34 heavy (non-hydrogen) atoms. The van der Waals surface area contributed by atoms with Gasteiger partial charge in [0.1, 0.15) is 23.7 Å². The molecule has 0 bridgehead atoms. The van der Waals surface area contributed by atoms with Gasteiger partial charge in [-0.2, -0.15) is 0 Å². The van der Waals surface area contributed by atoms with Crippen LogP contribution < -0.4 is 16.0 Å². The highest BCUT2D eigenvalue weighted by Gasteiger charge is 2.30. The Morgan fingerprint density at radius 1 is 0.882 bits per heavy atom. The standard InChI is InChI=1S/C25H39N3O6/c1-8-18(28-24(32)34-25(4,5)6)21(29)26-19(14-16(2)3)22(30)27-20(23(31)33-7)15-17-12-10-9-11-13-17/h9-13,16,18-20H,8,14-15H2,1-7H3,(H,26,29)(H,27,30)(H,28,32)/t18-,19+,20-/m0/s1. The van der Waals surface area contributed by atoms with Gasteiger partial charge in [-0.1, -0.05) is 51.1 Å². The third kappa shape index (κ3) is 10.7.